The summed E-state index contributed by atoms with van der Waals surface area (Å²) in [7, 11) is 1.75. The Morgan fingerprint density at radius 3 is 2.91 bits per heavy atom. The molecule has 2 saturated carbocycles. The average molecular weight is 365 g/mol. The zero-order valence-corrected chi connectivity index (χ0v) is 15.0. The maximum absolute atomic E-state index is 10.6. The van der Waals surface area contributed by atoms with Crippen molar-refractivity contribution < 1.29 is 9.84 Å². The van der Waals surface area contributed by atoms with Crippen molar-refractivity contribution in [1.29, 1.82) is 0 Å². The first-order valence-corrected chi connectivity index (χ1v) is 9.45. The minimum Gasteiger partial charge on any atom is -0.497 e. The lowest BCUT2D eigenvalue weighted by Gasteiger charge is -2.50. The maximum Gasteiger partial charge on any atom is 0.119 e. The molecule has 0 heterocycles. The van der Waals surface area contributed by atoms with Crippen LogP contribution in [-0.4, -0.2) is 23.1 Å². The third-order valence-corrected chi connectivity index (χ3v) is 7.74. The Labute approximate surface area is 141 Å². The smallest absolute Gasteiger partial charge is 0.119 e. The first-order valence-electron chi connectivity index (χ1n) is 8.53. The molecule has 1 aromatic carbocycles. The lowest BCUT2D eigenvalue weighted by molar-refractivity contribution is -0.0213. The van der Waals surface area contributed by atoms with Gasteiger partial charge in [-0.05, 0) is 78.5 Å². The molecule has 3 aliphatic carbocycles. The molecule has 1 N–H and O–H groups in total. The second-order valence-corrected chi connectivity index (χ2v) is 8.90. The normalized spacial score (nSPS) is 43.2. The Hall–Kier alpha value is -0.540. The maximum atomic E-state index is 10.6. The quantitative estimate of drug-likeness (QED) is 0.753. The number of benzene rings is 1. The molecule has 2 fully saturated rings. The standard InChI is InChI=1S/C19H25BrO2/c1-19-8-7-14-13-6-4-12(22-2)9-11(13)3-5-15(14)16(19)10-17(20)18(19)21/h4,6,9,14-18,21H,3,5,7-8,10H2,1-2H3/t14-,15-,16+,17+,18+,19+/m1/s1. The molecule has 0 aliphatic heterocycles. The molecule has 0 unspecified atom stereocenters. The number of aliphatic hydroxyl groups is 1. The summed E-state index contributed by atoms with van der Waals surface area (Å²) in [6, 6.07) is 6.65. The molecule has 120 valence electrons. The second-order valence-electron chi connectivity index (χ2n) is 7.72. The molecular formula is C19H25BrO2. The summed E-state index contributed by atoms with van der Waals surface area (Å²) in [5, 5.41) is 10.6. The van der Waals surface area contributed by atoms with Crippen LogP contribution in [-0.2, 0) is 6.42 Å². The zero-order valence-electron chi connectivity index (χ0n) is 13.4. The molecule has 0 spiro atoms. The summed E-state index contributed by atoms with van der Waals surface area (Å²) in [5.41, 5.74) is 3.14. The molecule has 22 heavy (non-hydrogen) atoms. The molecule has 3 heteroatoms. The summed E-state index contributed by atoms with van der Waals surface area (Å²) >= 11 is 3.73. The number of aliphatic hydroxyl groups excluding tert-OH is 1. The first-order chi connectivity index (χ1) is 10.5. The number of fused-ring (bicyclic) bond motifs is 5. The summed E-state index contributed by atoms with van der Waals surface area (Å²) < 4.78 is 5.39. The molecule has 3 aliphatic rings. The number of methoxy groups -OCH3 is 1. The number of alkyl halides is 1. The van der Waals surface area contributed by atoms with Crippen molar-refractivity contribution >= 4 is 15.9 Å². The van der Waals surface area contributed by atoms with E-state index in [1.165, 1.54) is 18.4 Å². The van der Waals surface area contributed by atoms with Crippen LogP contribution < -0.4 is 4.74 Å². The van der Waals surface area contributed by atoms with Crippen LogP contribution in [0.3, 0.4) is 0 Å². The van der Waals surface area contributed by atoms with Gasteiger partial charge in [-0.2, -0.15) is 0 Å². The number of hydrogen-bond acceptors (Lipinski definition) is 2. The van der Waals surface area contributed by atoms with E-state index in [1.807, 2.05) is 0 Å². The van der Waals surface area contributed by atoms with Gasteiger partial charge in [0.1, 0.15) is 5.75 Å². The molecule has 0 saturated heterocycles. The molecule has 0 amide bonds. The zero-order chi connectivity index (χ0) is 15.5. The Kier molecular flexibility index (Phi) is 3.58. The van der Waals surface area contributed by atoms with Gasteiger partial charge in [-0.25, -0.2) is 0 Å². The highest BCUT2D eigenvalue weighted by atomic mass is 79.9. The molecule has 6 atom stereocenters. The van der Waals surface area contributed by atoms with Gasteiger partial charge in [0.15, 0.2) is 0 Å². The van der Waals surface area contributed by atoms with Gasteiger partial charge in [-0.1, -0.05) is 28.9 Å². The van der Waals surface area contributed by atoms with Crippen LogP contribution in [0.2, 0.25) is 0 Å². The van der Waals surface area contributed by atoms with E-state index in [9.17, 15) is 5.11 Å². The number of hydrogen-bond donors (Lipinski definition) is 1. The Morgan fingerprint density at radius 1 is 1.32 bits per heavy atom. The number of aryl methyl sites for hydroxylation is 1. The van der Waals surface area contributed by atoms with Crippen molar-refractivity contribution in [3.05, 3.63) is 29.3 Å². The van der Waals surface area contributed by atoms with Gasteiger partial charge >= 0.3 is 0 Å². The van der Waals surface area contributed by atoms with E-state index in [4.69, 9.17) is 4.74 Å². The van der Waals surface area contributed by atoms with Gasteiger partial charge < -0.3 is 9.84 Å². The Balaban J connectivity index is 1.69. The molecular weight excluding hydrogens is 340 g/mol. The monoisotopic (exact) mass is 364 g/mol. The van der Waals surface area contributed by atoms with Crippen molar-refractivity contribution in [2.45, 2.75) is 55.9 Å². The summed E-state index contributed by atoms with van der Waals surface area (Å²) in [5.74, 6) is 3.05. The fourth-order valence-electron chi connectivity index (χ4n) is 5.63. The van der Waals surface area contributed by atoms with E-state index >= 15 is 0 Å². The van der Waals surface area contributed by atoms with E-state index < -0.39 is 0 Å². The highest BCUT2D eigenvalue weighted by Crippen LogP contribution is 2.61. The van der Waals surface area contributed by atoms with Gasteiger partial charge in [0.2, 0.25) is 0 Å². The molecule has 0 aromatic heterocycles. The third-order valence-electron chi connectivity index (χ3n) is 6.87. The highest BCUT2D eigenvalue weighted by Gasteiger charge is 2.57. The molecule has 1 aromatic rings. The predicted molar refractivity (Wildman–Crippen MR) is 91.7 cm³/mol. The minimum atomic E-state index is -0.185. The van der Waals surface area contributed by atoms with E-state index in [2.05, 4.69) is 41.1 Å². The fourth-order valence-corrected chi connectivity index (χ4v) is 6.64. The van der Waals surface area contributed by atoms with Crippen LogP contribution in [0.25, 0.3) is 0 Å². The van der Waals surface area contributed by atoms with E-state index in [-0.39, 0.29) is 16.3 Å². The lowest BCUT2D eigenvalue weighted by Crippen LogP contribution is -2.44. The van der Waals surface area contributed by atoms with Crippen molar-refractivity contribution in [1.82, 2.24) is 0 Å². The lowest BCUT2D eigenvalue weighted by atomic mass is 9.55. The van der Waals surface area contributed by atoms with Crippen molar-refractivity contribution in [3.63, 3.8) is 0 Å². The Morgan fingerprint density at radius 2 is 2.14 bits per heavy atom. The average Bonchev–Trinajstić information content (AvgIpc) is 2.77. The van der Waals surface area contributed by atoms with Crippen LogP contribution in [0.1, 0.15) is 49.7 Å². The third kappa shape index (κ3) is 2.01. The van der Waals surface area contributed by atoms with Gasteiger partial charge in [-0.15, -0.1) is 0 Å². The van der Waals surface area contributed by atoms with Gasteiger partial charge in [0, 0.05) is 4.83 Å². The number of halogens is 1. The van der Waals surface area contributed by atoms with Crippen LogP contribution in [0.15, 0.2) is 18.2 Å². The van der Waals surface area contributed by atoms with Crippen molar-refractivity contribution in [2.24, 2.45) is 17.3 Å². The topological polar surface area (TPSA) is 29.5 Å². The SMILES string of the molecule is COc1ccc2c(c1)CC[C@@H]1[C@@H]2CC[C@]2(C)[C@@H](O)[C@@H](Br)C[C@@H]12. The van der Waals surface area contributed by atoms with Gasteiger partial charge in [-0.3, -0.25) is 0 Å². The van der Waals surface area contributed by atoms with Crippen molar-refractivity contribution in [2.75, 3.05) is 7.11 Å². The molecule has 0 bridgehead atoms. The van der Waals surface area contributed by atoms with Crippen LogP contribution in [0.5, 0.6) is 5.75 Å². The molecule has 0 radical (unpaired) electrons. The first kappa shape index (κ1) is 15.0. The highest BCUT2D eigenvalue weighted by molar-refractivity contribution is 9.09. The molecule has 4 rings (SSSR count). The van der Waals surface area contributed by atoms with E-state index in [1.54, 1.807) is 12.7 Å². The van der Waals surface area contributed by atoms with Crippen LogP contribution >= 0.6 is 15.9 Å². The van der Waals surface area contributed by atoms with Gasteiger partial charge in [0.25, 0.3) is 0 Å². The second kappa shape index (κ2) is 5.24. The fraction of sp³-hybridized carbons (Fsp3) is 0.684. The van der Waals surface area contributed by atoms with Crippen molar-refractivity contribution in [3.8, 4) is 5.75 Å². The Bertz CT molecular complexity index is 587. The summed E-state index contributed by atoms with van der Waals surface area (Å²) in [6.45, 7) is 2.32. The van der Waals surface area contributed by atoms with E-state index in [0.29, 0.717) is 11.8 Å². The summed E-state index contributed by atoms with van der Waals surface area (Å²) in [4.78, 5) is 0.276. The number of rotatable bonds is 1. The molecule has 2 nitrogen and oxygen atoms in total. The largest absolute Gasteiger partial charge is 0.497 e. The minimum absolute atomic E-state index is 0.110. The van der Waals surface area contributed by atoms with Crippen LogP contribution in [0, 0.1) is 17.3 Å². The van der Waals surface area contributed by atoms with Crippen LogP contribution in [0.4, 0.5) is 0 Å². The van der Waals surface area contributed by atoms with Gasteiger partial charge in [0.05, 0.1) is 13.2 Å². The van der Waals surface area contributed by atoms with E-state index in [0.717, 1.165) is 30.9 Å². The summed E-state index contributed by atoms with van der Waals surface area (Å²) in [6.07, 6.45) is 5.72. The predicted octanol–water partition coefficient (Wildman–Crippen LogP) is 4.29. The number of ether oxygens (including phenoxy) is 1.